The third-order valence-corrected chi connectivity index (χ3v) is 3.90. The van der Waals surface area contributed by atoms with Gasteiger partial charge in [0.1, 0.15) is 5.82 Å². The van der Waals surface area contributed by atoms with Crippen LogP contribution >= 0.6 is 11.8 Å². The molecule has 0 radical (unpaired) electrons. The molecule has 17 heavy (non-hydrogen) atoms. The van der Waals surface area contributed by atoms with Crippen LogP contribution in [0.1, 0.15) is 12.8 Å². The van der Waals surface area contributed by atoms with Crippen LogP contribution in [0.4, 0.5) is 10.3 Å². The normalized spacial score (nSPS) is 17.5. The third kappa shape index (κ3) is 2.36. The summed E-state index contributed by atoms with van der Waals surface area (Å²) in [4.78, 5) is 4.32. The van der Waals surface area contributed by atoms with E-state index in [2.05, 4.69) is 15.4 Å². The number of nitrogens with zero attached hydrogens (tertiary/aromatic N) is 3. The highest BCUT2D eigenvalue weighted by molar-refractivity contribution is 7.99. The van der Waals surface area contributed by atoms with Gasteiger partial charge < -0.3 is 5.32 Å². The van der Waals surface area contributed by atoms with E-state index in [1.54, 1.807) is 6.07 Å². The van der Waals surface area contributed by atoms with Crippen molar-refractivity contribution in [2.45, 2.75) is 18.9 Å². The van der Waals surface area contributed by atoms with Gasteiger partial charge in [0.25, 0.3) is 0 Å². The Balaban J connectivity index is 1.80. The Kier molecular flexibility index (Phi) is 2.88. The predicted molar refractivity (Wildman–Crippen MR) is 66.9 cm³/mol. The van der Waals surface area contributed by atoms with Crippen LogP contribution in [-0.2, 0) is 0 Å². The Labute approximate surface area is 103 Å². The van der Waals surface area contributed by atoms with Crippen molar-refractivity contribution in [2.24, 2.45) is 0 Å². The number of rotatable bonds is 2. The Hall–Kier alpha value is -1.30. The number of pyridine rings is 1. The summed E-state index contributed by atoms with van der Waals surface area (Å²) in [6.07, 6.45) is 3.60. The van der Waals surface area contributed by atoms with Crippen LogP contribution in [-0.4, -0.2) is 32.1 Å². The van der Waals surface area contributed by atoms with Crippen molar-refractivity contribution in [2.75, 3.05) is 16.8 Å². The SMILES string of the molecule is Fc1ccc2nc(NC3CCSCC3)nn2c1. The maximum atomic E-state index is 13.0. The molecule has 0 aliphatic carbocycles. The van der Waals surface area contributed by atoms with Gasteiger partial charge in [-0.2, -0.15) is 16.7 Å². The molecular formula is C11H13FN4S. The Bertz CT molecular complexity index is 521. The number of aromatic nitrogens is 3. The van der Waals surface area contributed by atoms with Gasteiger partial charge in [-0.3, -0.25) is 0 Å². The maximum absolute atomic E-state index is 13.0. The lowest BCUT2D eigenvalue weighted by Gasteiger charge is -2.21. The minimum atomic E-state index is -0.303. The largest absolute Gasteiger partial charge is 0.350 e. The first-order valence-corrected chi connectivity index (χ1v) is 6.83. The summed E-state index contributed by atoms with van der Waals surface area (Å²) >= 11 is 1.98. The average Bonchev–Trinajstić information content (AvgIpc) is 2.71. The second kappa shape index (κ2) is 4.52. The van der Waals surface area contributed by atoms with Crippen molar-refractivity contribution in [3.63, 3.8) is 0 Å². The second-order valence-electron chi connectivity index (χ2n) is 4.12. The Morgan fingerprint density at radius 2 is 2.18 bits per heavy atom. The molecule has 0 bridgehead atoms. The molecule has 1 N–H and O–H groups in total. The van der Waals surface area contributed by atoms with Gasteiger partial charge in [0.2, 0.25) is 5.95 Å². The van der Waals surface area contributed by atoms with Gasteiger partial charge in [-0.15, -0.1) is 5.10 Å². The van der Waals surface area contributed by atoms with Gasteiger partial charge in [-0.05, 0) is 36.5 Å². The van der Waals surface area contributed by atoms with Crippen molar-refractivity contribution in [1.82, 2.24) is 14.6 Å². The topological polar surface area (TPSA) is 42.2 Å². The van der Waals surface area contributed by atoms with Crippen molar-refractivity contribution >= 4 is 23.4 Å². The summed E-state index contributed by atoms with van der Waals surface area (Å²) in [6.45, 7) is 0. The molecule has 0 amide bonds. The molecule has 0 saturated carbocycles. The first-order valence-electron chi connectivity index (χ1n) is 5.67. The number of nitrogens with one attached hydrogen (secondary N) is 1. The fourth-order valence-electron chi connectivity index (χ4n) is 1.94. The molecule has 1 aliphatic rings. The molecule has 2 aromatic rings. The molecule has 2 aromatic heterocycles. The van der Waals surface area contributed by atoms with Crippen LogP contribution in [0.3, 0.4) is 0 Å². The van der Waals surface area contributed by atoms with E-state index in [0.717, 1.165) is 12.8 Å². The van der Waals surface area contributed by atoms with Crippen molar-refractivity contribution in [1.29, 1.82) is 0 Å². The molecule has 0 atom stereocenters. The molecule has 6 heteroatoms. The highest BCUT2D eigenvalue weighted by Crippen LogP contribution is 2.19. The Morgan fingerprint density at radius 3 is 3.00 bits per heavy atom. The van der Waals surface area contributed by atoms with Crippen LogP contribution < -0.4 is 5.32 Å². The minimum absolute atomic E-state index is 0.303. The summed E-state index contributed by atoms with van der Waals surface area (Å²) in [5.41, 5.74) is 0.666. The summed E-state index contributed by atoms with van der Waals surface area (Å²) in [7, 11) is 0. The van der Waals surface area contributed by atoms with Gasteiger partial charge >= 0.3 is 0 Å². The van der Waals surface area contributed by atoms with Crippen molar-refractivity contribution in [3.8, 4) is 0 Å². The number of hydrogen-bond donors (Lipinski definition) is 1. The summed E-state index contributed by atoms with van der Waals surface area (Å²) < 4.78 is 14.5. The second-order valence-corrected chi connectivity index (χ2v) is 5.34. The zero-order valence-corrected chi connectivity index (χ0v) is 10.1. The molecular weight excluding hydrogens is 239 g/mol. The highest BCUT2D eigenvalue weighted by Gasteiger charge is 2.15. The van der Waals surface area contributed by atoms with Gasteiger partial charge in [0.05, 0.1) is 6.20 Å². The standard InChI is InChI=1S/C11H13FN4S/c12-8-1-2-10-14-11(15-16(10)7-8)13-9-3-5-17-6-4-9/h1-2,7,9H,3-6H2,(H,13,15). The summed E-state index contributed by atoms with van der Waals surface area (Å²) in [6, 6.07) is 3.47. The van der Waals surface area contributed by atoms with E-state index in [9.17, 15) is 4.39 Å². The van der Waals surface area contributed by atoms with Crippen LogP contribution in [0.2, 0.25) is 0 Å². The van der Waals surface area contributed by atoms with E-state index in [4.69, 9.17) is 0 Å². The zero-order valence-electron chi connectivity index (χ0n) is 9.27. The lowest BCUT2D eigenvalue weighted by Crippen LogP contribution is -2.25. The van der Waals surface area contributed by atoms with Crippen LogP contribution in [0.5, 0.6) is 0 Å². The molecule has 1 fully saturated rings. The minimum Gasteiger partial charge on any atom is -0.350 e. The number of anilines is 1. The maximum Gasteiger partial charge on any atom is 0.243 e. The molecule has 0 spiro atoms. The molecule has 3 rings (SSSR count). The van der Waals surface area contributed by atoms with E-state index < -0.39 is 0 Å². The van der Waals surface area contributed by atoms with E-state index >= 15 is 0 Å². The van der Waals surface area contributed by atoms with Crippen molar-refractivity contribution < 1.29 is 4.39 Å². The molecule has 3 heterocycles. The van der Waals surface area contributed by atoms with Crippen LogP contribution in [0.25, 0.3) is 5.65 Å². The van der Waals surface area contributed by atoms with Crippen molar-refractivity contribution in [3.05, 3.63) is 24.1 Å². The van der Waals surface area contributed by atoms with E-state index in [-0.39, 0.29) is 5.82 Å². The zero-order chi connectivity index (χ0) is 11.7. The Morgan fingerprint density at radius 1 is 1.35 bits per heavy atom. The highest BCUT2D eigenvalue weighted by atomic mass is 32.2. The van der Waals surface area contributed by atoms with Gasteiger partial charge in [0.15, 0.2) is 5.65 Å². The van der Waals surface area contributed by atoms with Gasteiger partial charge in [-0.1, -0.05) is 0 Å². The smallest absolute Gasteiger partial charge is 0.243 e. The van der Waals surface area contributed by atoms with E-state index in [1.165, 1.54) is 28.3 Å². The third-order valence-electron chi connectivity index (χ3n) is 2.85. The number of halogens is 1. The van der Waals surface area contributed by atoms with Gasteiger partial charge in [-0.25, -0.2) is 8.91 Å². The molecule has 1 aliphatic heterocycles. The quantitative estimate of drug-likeness (QED) is 0.889. The summed E-state index contributed by atoms with van der Waals surface area (Å²) in [5, 5.41) is 7.53. The van der Waals surface area contributed by atoms with Crippen LogP contribution in [0.15, 0.2) is 18.3 Å². The first-order chi connectivity index (χ1) is 8.31. The molecule has 4 nitrogen and oxygen atoms in total. The number of hydrogen-bond acceptors (Lipinski definition) is 4. The molecule has 1 saturated heterocycles. The van der Waals surface area contributed by atoms with Gasteiger partial charge in [0, 0.05) is 6.04 Å². The van der Waals surface area contributed by atoms with E-state index in [1.807, 2.05) is 11.8 Å². The molecule has 90 valence electrons. The molecule has 0 aromatic carbocycles. The fourth-order valence-corrected chi connectivity index (χ4v) is 3.05. The predicted octanol–water partition coefficient (Wildman–Crippen LogP) is 2.18. The summed E-state index contributed by atoms with van der Waals surface area (Å²) in [5.74, 6) is 2.65. The number of fused-ring (bicyclic) bond motifs is 1. The van der Waals surface area contributed by atoms with Crippen LogP contribution in [0, 0.1) is 5.82 Å². The molecule has 0 unspecified atom stereocenters. The lowest BCUT2D eigenvalue weighted by atomic mass is 10.2. The fraction of sp³-hybridized carbons (Fsp3) is 0.455. The lowest BCUT2D eigenvalue weighted by molar-refractivity contribution is 0.614. The average molecular weight is 252 g/mol. The first kappa shape index (κ1) is 10.8. The monoisotopic (exact) mass is 252 g/mol. The van der Waals surface area contributed by atoms with E-state index in [0.29, 0.717) is 17.6 Å². The number of thioether (sulfide) groups is 1.